The molecule has 24 heavy (non-hydrogen) atoms. The zero-order chi connectivity index (χ0) is 17.0. The van der Waals surface area contributed by atoms with E-state index in [-0.39, 0.29) is 0 Å². The van der Waals surface area contributed by atoms with Crippen molar-refractivity contribution in [3.63, 3.8) is 0 Å². The third kappa shape index (κ3) is 6.23. The number of guanidine groups is 1. The van der Waals surface area contributed by atoms with E-state index in [2.05, 4.69) is 42.9 Å². The maximum absolute atomic E-state index is 4.53. The number of aliphatic imine (C=N–C) groups is 1. The smallest absolute Gasteiger partial charge is 0.191 e. The minimum Gasteiger partial charge on any atom is -0.370 e. The van der Waals surface area contributed by atoms with Crippen molar-refractivity contribution in [3.8, 4) is 0 Å². The fraction of sp³-hybridized carbons (Fsp3) is 0.500. The highest BCUT2D eigenvalue weighted by atomic mass is 15.3. The molecular formula is C16H26N8. The number of anilines is 1. The average molecular weight is 330 g/mol. The number of nitrogens with one attached hydrogen (secondary N) is 3. The van der Waals surface area contributed by atoms with Crippen LogP contribution in [0.1, 0.15) is 25.6 Å². The van der Waals surface area contributed by atoms with Gasteiger partial charge in [-0.3, -0.25) is 4.68 Å². The van der Waals surface area contributed by atoms with Gasteiger partial charge in [-0.2, -0.15) is 5.10 Å². The van der Waals surface area contributed by atoms with Gasteiger partial charge in [-0.05, 0) is 31.9 Å². The van der Waals surface area contributed by atoms with Gasteiger partial charge in [-0.25, -0.2) is 15.0 Å². The molecule has 0 aliphatic heterocycles. The van der Waals surface area contributed by atoms with Crippen LogP contribution in [0.25, 0.3) is 0 Å². The van der Waals surface area contributed by atoms with Crippen LogP contribution >= 0.6 is 0 Å². The molecule has 0 unspecified atom stereocenters. The van der Waals surface area contributed by atoms with E-state index in [0.717, 1.165) is 50.1 Å². The molecule has 3 N–H and O–H groups in total. The van der Waals surface area contributed by atoms with Crippen LogP contribution in [0, 0.1) is 0 Å². The lowest BCUT2D eigenvalue weighted by Crippen LogP contribution is -2.37. The average Bonchev–Trinajstić information content (AvgIpc) is 3.01. The highest BCUT2D eigenvalue weighted by Crippen LogP contribution is 2.00. The number of hydrogen-bond acceptors (Lipinski definition) is 5. The Hall–Kier alpha value is -2.64. The SMILES string of the molecule is CCNC(=NCc1ncnn1C)NCCCCNc1ccccn1. The van der Waals surface area contributed by atoms with Crippen molar-refractivity contribution in [2.45, 2.75) is 26.3 Å². The Bertz CT molecular complexity index is 608. The number of nitrogens with zero attached hydrogens (tertiary/aromatic N) is 5. The van der Waals surface area contributed by atoms with Gasteiger partial charge in [-0.15, -0.1) is 0 Å². The fourth-order valence-electron chi connectivity index (χ4n) is 2.10. The molecule has 0 aliphatic carbocycles. The summed E-state index contributed by atoms with van der Waals surface area (Å²) in [5.41, 5.74) is 0. The maximum atomic E-state index is 4.53. The van der Waals surface area contributed by atoms with Crippen molar-refractivity contribution in [3.05, 3.63) is 36.5 Å². The Kier molecular flexibility index (Phi) is 7.52. The Morgan fingerprint density at radius 3 is 2.75 bits per heavy atom. The van der Waals surface area contributed by atoms with Crippen molar-refractivity contribution in [1.29, 1.82) is 0 Å². The van der Waals surface area contributed by atoms with Gasteiger partial charge < -0.3 is 16.0 Å². The van der Waals surface area contributed by atoms with Gasteiger partial charge in [0.05, 0.1) is 0 Å². The van der Waals surface area contributed by atoms with Crippen molar-refractivity contribution in [2.24, 2.45) is 12.0 Å². The van der Waals surface area contributed by atoms with Gasteiger partial charge in [0.15, 0.2) is 5.96 Å². The van der Waals surface area contributed by atoms with Crippen LogP contribution in [0.5, 0.6) is 0 Å². The van der Waals surface area contributed by atoms with E-state index in [1.165, 1.54) is 0 Å². The summed E-state index contributed by atoms with van der Waals surface area (Å²) in [5.74, 6) is 2.56. The van der Waals surface area contributed by atoms with Gasteiger partial charge in [0, 0.05) is 32.9 Å². The van der Waals surface area contributed by atoms with Crippen molar-refractivity contribution in [2.75, 3.05) is 25.0 Å². The highest BCUT2D eigenvalue weighted by Gasteiger charge is 2.01. The van der Waals surface area contributed by atoms with Gasteiger partial charge in [-0.1, -0.05) is 6.07 Å². The van der Waals surface area contributed by atoms with Crippen LogP contribution in [0.4, 0.5) is 5.82 Å². The molecule has 0 aliphatic rings. The van der Waals surface area contributed by atoms with Crippen molar-refractivity contribution in [1.82, 2.24) is 30.4 Å². The second-order valence-electron chi connectivity index (χ2n) is 5.27. The Morgan fingerprint density at radius 2 is 2.04 bits per heavy atom. The van der Waals surface area contributed by atoms with Crippen LogP contribution in [-0.2, 0) is 13.6 Å². The van der Waals surface area contributed by atoms with Crippen LogP contribution in [0.3, 0.4) is 0 Å². The quantitative estimate of drug-likeness (QED) is 0.363. The number of aryl methyl sites for hydroxylation is 1. The molecule has 0 fully saturated rings. The van der Waals surface area contributed by atoms with Gasteiger partial charge in [0.1, 0.15) is 24.5 Å². The monoisotopic (exact) mass is 330 g/mol. The Labute approximate surface area is 142 Å². The predicted octanol–water partition coefficient (Wildman–Crippen LogP) is 1.16. The highest BCUT2D eigenvalue weighted by molar-refractivity contribution is 5.79. The zero-order valence-corrected chi connectivity index (χ0v) is 14.4. The van der Waals surface area contributed by atoms with E-state index < -0.39 is 0 Å². The molecule has 2 heterocycles. The Balaban J connectivity index is 1.65. The third-order valence-corrected chi connectivity index (χ3v) is 3.39. The molecule has 0 saturated carbocycles. The summed E-state index contributed by atoms with van der Waals surface area (Å²) in [4.78, 5) is 12.9. The molecule has 0 radical (unpaired) electrons. The summed E-state index contributed by atoms with van der Waals surface area (Å²) in [6.07, 6.45) is 5.44. The topological polar surface area (TPSA) is 92.0 Å². The minimum absolute atomic E-state index is 0.507. The molecule has 130 valence electrons. The normalized spacial score (nSPS) is 11.3. The van der Waals surface area contributed by atoms with Crippen LogP contribution in [-0.4, -0.2) is 45.3 Å². The summed E-state index contributed by atoms with van der Waals surface area (Å²) in [6.45, 7) is 5.16. The van der Waals surface area contributed by atoms with Crippen LogP contribution < -0.4 is 16.0 Å². The summed E-state index contributed by atoms with van der Waals surface area (Å²) < 4.78 is 1.73. The van der Waals surface area contributed by atoms with E-state index in [0.29, 0.717) is 6.54 Å². The van der Waals surface area contributed by atoms with Crippen LogP contribution in [0.2, 0.25) is 0 Å². The summed E-state index contributed by atoms with van der Waals surface area (Å²) in [5, 5.41) is 13.9. The number of rotatable bonds is 9. The molecule has 2 aromatic rings. The first-order chi connectivity index (χ1) is 11.8. The van der Waals surface area contributed by atoms with Crippen LogP contribution in [0.15, 0.2) is 35.7 Å². The third-order valence-electron chi connectivity index (χ3n) is 3.39. The standard InChI is InChI=1S/C16H26N8/c1-3-17-16(21-12-15-22-13-23-24(15)2)20-11-7-6-10-19-14-8-4-5-9-18-14/h4-5,8-9,13H,3,6-7,10-12H2,1-2H3,(H,18,19)(H2,17,20,21). The molecular weight excluding hydrogens is 304 g/mol. The fourth-order valence-corrected chi connectivity index (χ4v) is 2.10. The molecule has 0 bridgehead atoms. The number of aromatic nitrogens is 4. The van der Waals surface area contributed by atoms with E-state index in [1.54, 1.807) is 17.2 Å². The largest absolute Gasteiger partial charge is 0.370 e. The molecule has 2 rings (SSSR count). The van der Waals surface area contributed by atoms with Gasteiger partial charge in [0.2, 0.25) is 0 Å². The zero-order valence-electron chi connectivity index (χ0n) is 14.4. The van der Waals surface area contributed by atoms with Gasteiger partial charge >= 0.3 is 0 Å². The summed E-state index contributed by atoms with van der Waals surface area (Å²) in [7, 11) is 1.87. The van der Waals surface area contributed by atoms with E-state index >= 15 is 0 Å². The molecule has 2 aromatic heterocycles. The predicted molar refractivity (Wildman–Crippen MR) is 95.8 cm³/mol. The lowest BCUT2D eigenvalue weighted by Gasteiger charge is -2.11. The summed E-state index contributed by atoms with van der Waals surface area (Å²) in [6, 6.07) is 5.87. The second kappa shape index (κ2) is 10.2. The number of pyridine rings is 1. The molecule has 0 spiro atoms. The molecule has 0 amide bonds. The van der Waals surface area contributed by atoms with E-state index in [1.807, 2.05) is 25.2 Å². The molecule has 8 heteroatoms. The Morgan fingerprint density at radius 1 is 1.17 bits per heavy atom. The van der Waals surface area contributed by atoms with Gasteiger partial charge in [0.25, 0.3) is 0 Å². The summed E-state index contributed by atoms with van der Waals surface area (Å²) >= 11 is 0. The number of unbranched alkanes of at least 4 members (excludes halogenated alkanes) is 1. The first-order valence-corrected chi connectivity index (χ1v) is 8.29. The first kappa shape index (κ1) is 17.7. The minimum atomic E-state index is 0.507. The molecule has 0 saturated heterocycles. The lowest BCUT2D eigenvalue weighted by molar-refractivity contribution is 0.689. The second-order valence-corrected chi connectivity index (χ2v) is 5.27. The maximum Gasteiger partial charge on any atom is 0.191 e. The van der Waals surface area contributed by atoms with Crippen molar-refractivity contribution < 1.29 is 0 Å². The van der Waals surface area contributed by atoms with E-state index in [9.17, 15) is 0 Å². The number of hydrogen-bond donors (Lipinski definition) is 3. The first-order valence-electron chi connectivity index (χ1n) is 8.29. The van der Waals surface area contributed by atoms with E-state index in [4.69, 9.17) is 0 Å². The molecule has 0 atom stereocenters. The molecule has 8 nitrogen and oxygen atoms in total. The molecule has 0 aromatic carbocycles. The lowest BCUT2D eigenvalue weighted by atomic mass is 10.3. The van der Waals surface area contributed by atoms with Crippen molar-refractivity contribution >= 4 is 11.8 Å².